The lowest BCUT2D eigenvalue weighted by Gasteiger charge is -2.37. The van der Waals surface area contributed by atoms with Crippen LogP contribution < -0.4 is 0 Å². The van der Waals surface area contributed by atoms with E-state index in [2.05, 4.69) is 39.6 Å². The quantitative estimate of drug-likeness (QED) is 0.495. The monoisotopic (exact) mass is 399 g/mol. The first-order valence-electron chi connectivity index (χ1n) is 10.3. The van der Waals surface area contributed by atoms with E-state index in [0.29, 0.717) is 13.1 Å². The molecule has 1 aliphatic rings. The fourth-order valence-corrected chi connectivity index (χ4v) is 4.56. The largest absolute Gasteiger partial charge is 0.467 e. The molecule has 1 unspecified atom stereocenters. The molecule has 152 valence electrons. The van der Waals surface area contributed by atoms with Crippen molar-refractivity contribution in [2.45, 2.75) is 33.0 Å². The summed E-state index contributed by atoms with van der Waals surface area (Å²) >= 11 is 0. The maximum atomic E-state index is 13.8. The highest BCUT2D eigenvalue weighted by Crippen LogP contribution is 2.34. The van der Waals surface area contributed by atoms with Gasteiger partial charge in [0.25, 0.3) is 5.91 Å². The summed E-state index contributed by atoms with van der Waals surface area (Å²) in [5, 5.41) is 0. The number of aromatic nitrogens is 2. The molecule has 0 radical (unpaired) electrons. The van der Waals surface area contributed by atoms with E-state index in [9.17, 15) is 4.79 Å². The van der Waals surface area contributed by atoms with Crippen molar-refractivity contribution >= 4 is 5.91 Å². The molecule has 30 heavy (non-hydrogen) atoms. The summed E-state index contributed by atoms with van der Waals surface area (Å²) in [6.07, 6.45) is 3.78. The molecule has 5 rings (SSSR count). The van der Waals surface area contributed by atoms with Gasteiger partial charge in [-0.1, -0.05) is 30.3 Å². The van der Waals surface area contributed by atoms with Crippen molar-refractivity contribution in [1.29, 1.82) is 0 Å². The van der Waals surface area contributed by atoms with Crippen molar-refractivity contribution < 1.29 is 9.21 Å². The Balaban J connectivity index is 1.53. The van der Waals surface area contributed by atoms with Gasteiger partial charge in [0.05, 0.1) is 24.4 Å². The number of hydrogen-bond acceptors (Lipinski definition) is 2. The zero-order valence-corrected chi connectivity index (χ0v) is 17.3. The highest BCUT2D eigenvalue weighted by atomic mass is 16.3. The Bertz CT molecular complexity index is 1170. The lowest BCUT2D eigenvalue weighted by atomic mass is 9.99. The van der Waals surface area contributed by atoms with Crippen LogP contribution >= 0.6 is 0 Å². The number of hydrogen-bond donors (Lipinski definition) is 0. The van der Waals surface area contributed by atoms with E-state index in [1.54, 1.807) is 6.26 Å². The van der Waals surface area contributed by atoms with Crippen molar-refractivity contribution in [2.24, 2.45) is 0 Å². The summed E-state index contributed by atoms with van der Waals surface area (Å²) in [7, 11) is 0. The van der Waals surface area contributed by atoms with Gasteiger partial charge in [-0.3, -0.25) is 4.79 Å². The molecule has 3 aromatic heterocycles. The number of rotatable bonds is 4. The third-order valence-electron chi connectivity index (χ3n) is 6.11. The molecule has 1 aliphatic heterocycles. The Labute approximate surface area is 176 Å². The highest BCUT2D eigenvalue weighted by molar-refractivity contribution is 5.96. The average Bonchev–Trinajstić information content (AvgIpc) is 3.51. The summed E-state index contributed by atoms with van der Waals surface area (Å²) in [4.78, 5) is 15.8. The second-order valence-corrected chi connectivity index (χ2v) is 7.89. The topological polar surface area (TPSA) is 43.3 Å². The molecule has 1 amide bonds. The minimum Gasteiger partial charge on any atom is -0.467 e. The van der Waals surface area contributed by atoms with Gasteiger partial charge in [-0.15, -0.1) is 0 Å². The van der Waals surface area contributed by atoms with E-state index in [4.69, 9.17) is 4.42 Å². The Morgan fingerprint density at radius 3 is 2.63 bits per heavy atom. The molecule has 0 N–H and O–H groups in total. The normalized spacial score (nSPS) is 15.9. The third-order valence-corrected chi connectivity index (χ3v) is 6.11. The second kappa shape index (κ2) is 7.41. The minimum absolute atomic E-state index is 0.0788. The van der Waals surface area contributed by atoms with Gasteiger partial charge >= 0.3 is 0 Å². The lowest BCUT2D eigenvalue weighted by molar-refractivity contribution is 0.0663. The molecule has 5 nitrogen and oxygen atoms in total. The van der Waals surface area contributed by atoms with Crippen LogP contribution in [0.1, 0.15) is 44.8 Å². The van der Waals surface area contributed by atoms with E-state index >= 15 is 0 Å². The fraction of sp³-hybridized carbons (Fsp3) is 0.240. The Hall–Kier alpha value is -3.47. The van der Waals surface area contributed by atoms with Crippen molar-refractivity contribution in [3.63, 3.8) is 0 Å². The van der Waals surface area contributed by atoms with E-state index in [0.717, 1.165) is 40.5 Å². The van der Waals surface area contributed by atoms with Crippen LogP contribution in [0.25, 0.3) is 0 Å². The number of benzene rings is 1. The number of aryl methyl sites for hydroxylation is 1. The van der Waals surface area contributed by atoms with Gasteiger partial charge in [0, 0.05) is 36.4 Å². The number of carbonyl (C=O) groups is 1. The van der Waals surface area contributed by atoms with Crippen LogP contribution in [0.15, 0.2) is 77.5 Å². The summed E-state index contributed by atoms with van der Waals surface area (Å²) < 4.78 is 9.92. The maximum absolute atomic E-state index is 13.8. The van der Waals surface area contributed by atoms with Gasteiger partial charge in [0.2, 0.25) is 0 Å². The highest BCUT2D eigenvalue weighted by Gasteiger charge is 2.33. The van der Waals surface area contributed by atoms with Crippen molar-refractivity contribution in [2.75, 3.05) is 6.54 Å². The molecule has 4 aromatic rings. The molecule has 0 saturated heterocycles. The third kappa shape index (κ3) is 3.07. The fourth-order valence-electron chi connectivity index (χ4n) is 4.56. The van der Waals surface area contributed by atoms with Crippen LogP contribution in [0.5, 0.6) is 0 Å². The summed E-state index contributed by atoms with van der Waals surface area (Å²) in [6, 6.07) is 20.3. The van der Waals surface area contributed by atoms with E-state index < -0.39 is 0 Å². The lowest BCUT2D eigenvalue weighted by Crippen LogP contribution is -2.42. The molecule has 1 atom stereocenters. The zero-order chi connectivity index (χ0) is 20.7. The van der Waals surface area contributed by atoms with Gasteiger partial charge in [-0.2, -0.15) is 0 Å². The first-order chi connectivity index (χ1) is 14.6. The van der Waals surface area contributed by atoms with Gasteiger partial charge < -0.3 is 18.5 Å². The average molecular weight is 399 g/mol. The van der Waals surface area contributed by atoms with Crippen LogP contribution in [-0.2, 0) is 13.1 Å². The SMILES string of the molecule is Cc1cc(C(=O)N2CCn3cccc3C2c2ccccc2)c(C)n1Cc1ccco1. The van der Waals surface area contributed by atoms with Crippen molar-refractivity contribution in [1.82, 2.24) is 14.0 Å². The predicted octanol–water partition coefficient (Wildman–Crippen LogP) is 4.79. The first-order valence-corrected chi connectivity index (χ1v) is 10.3. The molecular weight excluding hydrogens is 374 g/mol. The van der Waals surface area contributed by atoms with E-state index in [-0.39, 0.29) is 11.9 Å². The van der Waals surface area contributed by atoms with Crippen LogP contribution in [-0.4, -0.2) is 26.5 Å². The molecule has 0 bridgehead atoms. The minimum atomic E-state index is -0.0874. The molecule has 1 aromatic carbocycles. The number of carbonyl (C=O) groups excluding carboxylic acids is 1. The number of nitrogens with zero attached hydrogens (tertiary/aromatic N) is 3. The molecule has 0 spiro atoms. The van der Waals surface area contributed by atoms with Crippen LogP contribution in [0.2, 0.25) is 0 Å². The predicted molar refractivity (Wildman–Crippen MR) is 115 cm³/mol. The van der Waals surface area contributed by atoms with Crippen LogP contribution in [0, 0.1) is 13.8 Å². The van der Waals surface area contributed by atoms with Crippen molar-refractivity contribution in [3.05, 3.63) is 107 Å². The van der Waals surface area contributed by atoms with Crippen LogP contribution in [0.3, 0.4) is 0 Å². The molecular formula is C25H25N3O2. The molecule has 4 heterocycles. The van der Waals surface area contributed by atoms with Gasteiger partial charge in [-0.25, -0.2) is 0 Å². The maximum Gasteiger partial charge on any atom is 0.256 e. The Morgan fingerprint density at radius 1 is 1.03 bits per heavy atom. The zero-order valence-electron chi connectivity index (χ0n) is 17.3. The van der Waals surface area contributed by atoms with Crippen molar-refractivity contribution in [3.8, 4) is 0 Å². The summed E-state index contributed by atoms with van der Waals surface area (Å²) in [6.45, 7) is 6.18. The Morgan fingerprint density at radius 2 is 1.87 bits per heavy atom. The van der Waals surface area contributed by atoms with Gasteiger partial charge in [0.1, 0.15) is 5.76 Å². The number of amides is 1. The standard InChI is InChI=1S/C25H25N3O2/c1-18-16-22(19(2)28(18)17-21-10-7-15-30-21)25(29)27-14-13-26-12-6-11-23(26)24(27)20-8-4-3-5-9-20/h3-12,15-16,24H,13-14,17H2,1-2H3. The van der Waals surface area contributed by atoms with Gasteiger partial charge in [0.15, 0.2) is 0 Å². The first kappa shape index (κ1) is 18.6. The smallest absolute Gasteiger partial charge is 0.256 e. The van der Waals surface area contributed by atoms with E-state index in [1.807, 2.05) is 55.1 Å². The summed E-state index contributed by atoms with van der Waals surface area (Å²) in [5.74, 6) is 0.962. The molecule has 0 fully saturated rings. The molecule has 5 heteroatoms. The number of furan rings is 1. The van der Waals surface area contributed by atoms with E-state index in [1.165, 1.54) is 0 Å². The summed E-state index contributed by atoms with van der Waals surface area (Å²) in [5.41, 5.74) is 5.09. The Kier molecular flexibility index (Phi) is 4.58. The van der Waals surface area contributed by atoms with Gasteiger partial charge in [-0.05, 0) is 49.7 Å². The molecule has 0 aliphatic carbocycles. The van der Waals surface area contributed by atoms with Crippen LogP contribution in [0.4, 0.5) is 0 Å². The molecule has 0 saturated carbocycles. The second-order valence-electron chi connectivity index (χ2n) is 7.89. The number of fused-ring (bicyclic) bond motifs is 1.